The molecule has 1 heterocycles. The number of hydrogen-bond acceptors (Lipinski definition) is 2. The minimum absolute atomic E-state index is 0.704. The summed E-state index contributed by atoms with van der Waals surface area (Å²) in [7, 11) is 0. The molecular weight excluding hydrogens is 262 g/mol. The van der Waals surface area contributed by atoms with Gasteiger partial charge in [0.2, 0.25) is 0 Å². The molecule has 1 fully saturated rings. The minimum atomic E-state index is 0.704. The summed E-state index contributed by atoms with van der Waals surface area (Å²) < 4.78 is 0. The lowest BCUT2D eigenvalue weighted by Gasteiger charge is -2.27. The highest BCUT2D eigenvalue weighted by atomic mass is 32.2. The van der Waals surface area contributed by atoms with Gasteiger partial charge in [-0.05, 0) is 43.4 Å². The summed E-state index contributed by atoms with van der Waals surface area (Å²) in [5.41, 5.74) is 1.57. The minimum Gasteiger partial charge on any atom is -0.313 e. The standard InChI is InChI=1S/C18H27NS/c1-2-11-19-16(12-14-7-3-4-8-14)18-13-15-9-5-6-10-17(15)20-18/h5-6,9-10,14,16,18-19H,2-4,7-8,11-13H2,1H3. The van der Waals surface area contributed by atoms with E-state index in [9.17, 15) is 0 Å². The molecule has 2 heteroatoms. The van der Waals surface area contributed by atoms with E-state index in [1.165, 1.54) is 56.4 Å². The summed E-state index contributed by atoms with van der Waals surface area (Å²) in [5.74, 6) is 0.980. The van der Waals surface area contributed by atoms with E-state index in [1.807, 2.05) is 0 Å². The summed E-state index contributed by atoms with van der Waals surface area (Å²) in [5, 5.41) is 4.60. The number of benzene rings is 1. The van der Waals surface area contributed by atoms with Crippen molar-refractivity contribution in [3.05, 3.63) is 29.8 Å². The third-order valence-corrected chi connectivity index (χ3v) is 6.29. The predicted octanol–water partition coefficient (Wildman–Crippen LogP) is 4.65. The number of thioether (sulfide) groups is 1. The first kappa shape index (κ1) is 14.5. The Morgan fingerprint density at radius 1 is 1.25 bits per heavy atom. The van der Waals surface area contributed by atoms with Crippen molar-refractivity contribution in [2.24, 2.45) is 5.92 Å². The van der Waals surface area contributed by atoms with E-state index in [0.717, 1.165) is 11.2 Å². The summed E-state index contributed by atoms with van der Waals surface area (Å²) in [6.07, 6.45) is 9.75. The first-order valence-corrected chi connectivity index (χ1v) is 9.22. The van der Waals surface area contributed by atoms with Gasteiger partial charge in [0.25, 0.3) is 0 Å². The number of nitrogens with one attached hydrogen (secondary N) is 1. The lowest BCUT2D eigenvalue weighted by atomic mass is 9.94. The second kappa shape index (κ2) is 7.00. The maximum absolute atomic E-state index is 3.85. The zero-order valence-electron chi connectivity index (χ0n) is 12.6. The molecule has 0 spiro atoms. The normalized spacial score (nSPS) is 23.9. The highest BCUT2D eigenvalue weighted by molar-refractivity contribution is 8.00. The van der Waals surface area contributed by atoms with Gasteiger partial charge in [-0.25, -0.2) is 0 Å². The number of rotatable bonds is 6. The van der Waals surface area contributed by atoms with Crippen LogP contribution in [0.25, 0.3) is 0 Å². The molecule has 0 saturated heterocycles. The largest absolute Gasteiger partial charge is 0.313 e. The molecule has 3 rings (SSSR count). The van der Waals surface area contributed by atoms with E-state index >= 15 is 0 Å². The SMILES string of the molecule is CCCNC(CC1CCCC1)C1Cc2ccccc2S1. The van der Waals surface area contributed by atoms with Crippen molar-refractivity contribution < 1.29 is 0 Å². The van der Waals surface area contributed by atoms with Gasteiger partial charge in [-0.2, -0.15) is 0 Å². The van der Waals surface area contributed by atoms with Gasteiger partial charge >= 0.3 is 0 Å². The monoisotopic (exact) mass is 289 g/mol. The molecule has 1 aliphatic heterocycles. The Morgan fingerprint density at radius 3 is 2.80 bits per heavy atom. The topological polar surface area (TPSA) is 12.0 Å². The van der Waals surface area contributed by atoms with E-state index < -0.39 is 0 Å². The van der Waals surface area contributed by atoms with E-state index in [4.69, 9.17) is 0 Å². The summed E-state index contributed by atoms with van der Waals surface area (Å²) in [6.45, 7) is 3.45. The van der Waals surface area contributed by atoms with E-state index in [-0.39, 0.29) is 0 Å². The van der Waals surface area contributed by atoms with Crippen LogP contribution >= 0.6 is 11.8 Å². The molecule has 2 unspecified atom stereocenters. The lowest BCUT2D eigenvalue weighted by molar-refractivity contribution is 0.379. The third kappa shape index (κ3) is 3.40. The van der Waals surface area contributed by atoms with Crippen molar-refractivity contribution in [3.63, 3.8) is 0 Å². The van der Waals surface area contributed by atoms with Crippen LogP contribution in [0.4, 0.5) is 0 Å². The summed E-state index contributed by atoms with van der Waals surface area (Å²) in [6, 6.07) is 9.68. The van der Waals surface area contributed by atoms with Crippen LogP contribution in [-0.4, -0.2) is 17.8 Å². The molecule has 0 amide bonds. The van der Waals surface area contributed by atoms with Crippen LogP contribution in [0.15, 0.2) is 29.2 Å². The van der Waals surface area contributed by atoms with Crippen LogP contribution in [0.3, 0.4) is 0 Å². The molecule has 2 aliphatic rings. The maximum atomic E-state index is 3.85. The zero-order valence-corrected chi connectivity index (χ0v) is 13.4. The van der Waals surface area contributed by atoms with Crippen LogP contribution in [0.5, 0.6) is 0 Å². The molecule has 1 aliphatic carbocycles. The van der Waals surface area contributed by atoms with E-state index in [2.05, 4.69) is 48.3 Å². The highest BCUT2D eigenvalue weighted by Gasteiger charge is 2.31. The average molecular weight is 289 g/mol. The van der Waals surface area contributed by atoms with Gasteiger partial charge in [-0.15, -0.1) is 11.8 Å². The van der Waals surface area contributed by atoms with Crippen molar-refractivity contribution in [1.29, 1.82) is 0 Å². The van der Waals surface area contributed by atoms with Crippen molar-refractivity contribution in [1.82, 2.24) is 5.32 Å². The van der Waals surface area contributed by atoms with Crippen molar-refractivity contribution in [2.75, 3.05) is 6.54 Å². The second-order valence-corrected chi connectivity index (χ2v) is 7.70. The molecule has 0 radical (unpaired) electrons. The summed E-state index contributed by atoms with van der Waals surface area (Å²) in [4.78, 5) is 1.52. The van der Waals surface area contributed by atoms with Gasteiger partial charge < -0.3 is 5.32 Å². The molecule has 20 heavy (non-hydrogen) atoms. The Hall–Kier alpha value is -0.470. The van der Waals surface area contributed by atoms with Crippen molar-refractivity contribution in [2.45, 2.75) is 68.1 Å². The molecule has 2 atom stereocenters. The van der Waals surface area contributed by atoms with Gasteiger partial charge in [-0.3, -0.25) is 0 Å². The molecule has 110 valence electrons. The summed E-state index contributed by atoms with van der Waals surface area (Å²) >= 11 is 2.12. The van der Waals surface area contributed by atoms with Crippen LogP contribution in [0.2, 0.25) is 0 Å². The van der Waals surface area contributed by atoms with Gasteiger partial charge in [0, 0.05) is 16.2 Å². The van der Waals surface area contributed by atoms with Crippen LogP contribution < -0.4 is 5.32 Å². The Balaban J connectivity index is 1.63. The van der Waals surface area contributed by atoms with E-state index in [0.29, 0.717) is 6.04 Å². The number of fused-ring (bicyclic) bond motifs is 1. The van der Waals surface area contributed by atoms with Gasteiger partial charge in [0.1, 0.15) is 0 Å². The predicted molar refractivity (Wildman–Crippen MR) is 88.4 cm³/mol. The average Bonchev–Trinajstić information content (AvgIpc) is 3.12. The smallest absolute Gasteiger partial charge is 0.0289 e. The van der Waals surface area contributed by atoms with Gasteiger partial charge in [0.15, 0.2) is 0 Å². The molecule has 1 aromatic carbocycles. The quantitative estimate of drug-likeness (QED) is 0.818. The lowest BCUT2D eigenvalue weighted by Crippen LogP contribution is -2.39. The Bertz CT molecular complexity index is 400. The molecular formula is C18H27NS. The number of hydrogen-bond donors (Lipinski definition) is 1. The fourth-order valence-electron chi connectivity index (χ4n) is 3.73. The fraction of sp³-hybridized carbons (Fsp3) is 0.667. The Morgan fingerprint density at radius 2 is 2.05 bits per heavy atom. The van der Waals surface area contributed by atoms with Crippen molar-refractivity contribution in [3.8, 4) is 0 Å². The van der Waals surface area contributed by atoms with Crippen molar-refractivity contribution >= 4 is 11.8 Å². The molecule has 1 aromatic rings. The van der Waals surface area contributed by atoms with Crippen LogP contribution in [0, 0.1) is 5.92 Å². The molecule has 0 aromatic heterocycles. The maximum Gasteiger partial charge on any atom is 0.0289 e. The van der Waals surface area contributed by atoms with Crippen LogP contribution in [0.1, 0.15) is 51.0 Å². The van der Waals surface area contributed by atoms with Crippen LogP contribution in [-0.2, 0) is 6.42 Å². The van der Waals surface area contributed by atoms with Gasteiger partial charge in [0.05, 0.1) is 0 Å². The zero-order chi connectivity index (χ0) is 13.8. The molecule has 0 bridgehead atoms. The first-order chi connectivity index (χ1) is 9.86. The fourth-order valence-corrected chi connectivity index (χ4v) is 5.16. The Labute approximate surface area is 127 Å². The highest BCUT2D eigenvalue weighted by Crippen LogP contribution is 2.40. The molecule has 1 N–H and O–H groups in total. The van der Waals surface area contributed by atoms with Gasteiger partial charge in [-0.1, -0.05) is 50.8 Å². The Kier molecular flexibility index (Phi) is 5.06. The molecule has 1 saturated carbocycles. The second-order valence-electron chi connectivity index (χ2n) is 6.41. The van der Waals surface area contributed by atoms with E-state index in [1.54, 1.807) is 5.56 Å². The molecule has 1 nitrogen and oxygen atoms in total. The third-order valence-electron chi connectivity index (χ3n) is 4.84. The first-order valence-electron chi connectivity index (χ1n) is 8.34.